The largest absolute Gasteiger partial charge is 0.477 e. The van der Waals surface area contributed by atoms with E-state index in [1.165, 1.54) is 16.8 Å². The van der Waals surface area contributed by atoms with Crippen molar-refractivity contribution in [2.75, 3.05) is 11.9 Å². The van der Waals surface area contributed by atoms with Crippen molar-refractivity contribution in [3.63, 3.8) is 0 Å². The summed E-state index contributed by atoms with van der Waals surface area (Å²) in [6.07, 6.45) is 0.977. The minimum atomic E-state index is -1.05. The normalized spacial score (nSPS) is 11.1. The first-order valence-electron chi connectivity index (χ1n) is 8.37. The second kappa shape index (κ2) is 9.96. The van der Waals surface area contributed by atoms with Crippen LogP contribution in [0.3, 0.4) is 0 Å². The summed E-state index contributed by atoms with van der Waals surface area (Å²) in [5.74, 6) is -1.40. The number of anilines is 1. The molecule has 9 nitrogen and oxygen atoms in total. The number of aliphatic hydroxyl groups is 1. The van der Waals surface area contributed by atoms with Gasteiger partial charge < -0.3 is 24.3 Å². The van der Waals surface area contributed by atoms with Gasteiger partial charge in [0.25, 0.3) is 0 Å². The van der Waals surface area contributed by atoms with Gasteiger partial charge in [0.2, 0.25) is 0 Å². The quantitative estimate of drug-likeness (QED) is 0.679. The number of hydrogen-bond donors (Lipinski definition) is 3. The fraction of sp³-hybridized carbons (Fsp3) is 0.611. The molecule has 9 heteroatoms. The number of carboxylic acid groups (broad SMARTS) is 1. The topological polar surface area (TPSA) is 127 Å². The maximum atomic E-state index is 11.4. The number of hydrogen-bond acceptors (Lipinski definition) is 6. The zero-order valence-corrected chi connectivity index (χ0v) is 17.0. The standard InChI is InChI=1S/C11H16N2O4.C7H14O3/c1-11(2,3)17-10(16)12-7-5-8(9(14)15)13(4)6-7;1-7(2,3)10-6(9)4-5-8/h5-6H,1-4H3,(H,12,16)(H,14,15);8H,4-5H2,1-3H3. The van der Waals surface area contributed by atoms with E-state index < -0.39 is 23.3 Å². The molecule has 3 N–H and O–H groups in total. The van der Waals surface area contributed by atoms with Crippen LogP contribution < -0.4 is 5.32 Å². The smallest absolute Gasteiger partial charge is 0.412 e. The molecule has 0 fully saturated rings. The van der Waals surface area contributed by atoms with E-state index >= 15 is 0 Å². The summed E-state index contributed by atoms with van der Waals surface area (Å²) in [6.45, 7) is 10.5. The van der Waals surface area contributed by atoms with Gasteiger partial charge in [-0.05, 0) is 47.6 Å². The van der Waals surface area contributed by atoms with E-state index in [9.17, 15) is 14.4 Å². The number of esters is 1. The molecule has 0 aliphatic heterocycles. The van der Waals surface area contributed by atoms with Crippen LogP contribution in [-0.4, -0.2) is 50.6 Å². The molecule has 27 heavy (non-hydrogen) atoms. The number of aliphatic hydroxyl groups excluding tert-OH is 1. The van der Waals surface area contributed by atoms with Crippen LogP contribution in [0.4, 0.5) is 10.5 Å². The molecule has 1 amide bonds. The summed E-state index contributed by atoms with van der Waals surface area (Å²) in [4.78, 5) is 32.9. The van der Waals surface area contributed by atoms with Gasteiger partial charge in [-0.1, -0.05) is 0 Å². The summed E-state index contributed by atoms with van der Waals surface area (Å²) in [5, 5.41) is 19.6. The Morgan fingerprint density at radius 3 is 1.96 bits per heavy atom. The minimum Gasteiger partial charge on any atom is -0.477 e. The molecule has 0 atom stereocenters. The number of aromatic nitrogens is 1. The maximum Gasteiger partial charge on any atom is 0.412 e. The van der Waals surface area contributed by atoms with Gasteiger partial charge in [0, 0.05) is 13.2 Å². The highest BCUT2D eigenvalue weighted by molar-refractivity contribution is 5.90. The van der Waals surface area contributed by atoms with Crippen LogP contribution in [-0.2, 0) is 21.3 Å². The predicted molar refractivity (Wildman–Crippen MR) is 99.8 cm³/mol. The van der Waals surface area contributed by atoms with Gasteiger partial charge in [0.05, 0.1) is 18.7 Å². The molecule has 0 saturated heterocycles. The van der Waals surface area contributed by atoms with Crippen LogP contribution in [0.15, 0.2) is 12.3 Å². The third-order valence-corrected chi connectivity index (χ3v) is 2.61. The van der Waals surface area contributed by atoms with E-state index in [0.29, 0.717) is 5.69 Å². The van der Waals surface area contributed by atoms with E-state index in [0.717, 1.165) is 0 Å². The number of carbonyl (C=O) groups is 3. The van der Waals surface area contributed by atoms with Gasteiger partial charge in [0.1, 0.15) is 16.9 Å². The summed E-state index contributed by atoms with van der Waals surface area (Å²) in [6, 6.07) is 1.37. The van der Waals surface area contributed by atoms with Gasteiger partial charge in [-0.15, -0.1) is 0 Å². The molecule has 154 valence electrons. The number of ether oxygens (including phenoxy) is 2. The highest BCUT2D eigenvalue weighted by Crippen LogP contribution is 2.15. The van der Waals surface area contributed by atoms with Crippen LogP contribution in [0.25, 0.3) is 0 Å². The van der Waals surface area contributed by atoms with Crippen molar-refractivity contribution < 1.29 is 34.1 Å². The van der Waals surface area contributed by atoms with Crippen molar-refractivity contribution in [2.45, 2.75) is 59.2 Å². The minimum absolute atomic E-state index is 0.0806. The zero-order chi connectivity index (χ0) is 21.4. The fourth-order valence-electron chi connectivity index (χ4n) is 1.75. The molecule has 0 radical (unpaired) electrons. The molecular formula is C18H30N2O7. The SMILES string of the molecule is CC(C)(C)OC(=O)CCO.Cn1cc(NC(=O)OC(C)(C)C)cc1C(=O)O. The first kappa shape index (κ1) is 24.5. The molecule has 0 bridgehead atoms. The average Bonchev–Trinajstić information content (AvgIpc) is 2.76. The van der Waals surface area contributed by atoms with Crippen molar-refractivity contribution in [3.8, 4) is 0 Å². The Morgan fingerprint density at radius 1 is 1.07 bits per heavy atom. The fourth-order valence-corrected chi connectivity index (χ4v) is 1.75. The van der Waals surface area contributed by atoms with E-state index in [1.54, 1.807) is 48.6 Å². The van der Waals surface area contributed by atoms with E-state index in [2.05, 4.69) is 5.32 Å². The van der Waals surface area contributed by atoms with Crippen LogP contribution >= 0.6 is 0 Å². The summed E-state index contributed by atoms with van der Waals surface area (Å²) >= 11 is 0. The van der Waals surface area contributed by atoms with Crippen molar-refractivity contribution >= 4 is 23.7 Å². The molecule has 1 aromatic heterocycles. The number of aromatic carboxylic acids is 1. The number of nitrogens with one attached hydrogen (secondary N) is 1. The Bertz CT molecular complexity index is 652. The summed E-state index contributed by atoms with van der Waals surface area (Å²) in [5.41, 5.74) is -0.545. The number of amides is 1. The first-order chi connectivity index (χ1) is 12.1. The molecule has 0 unspecified atom stereocenters. The maximum absolute atomic E-state index is 11.4. The first-order valence-corrected chi connectivity index (χ1v) is 8.37. The van der Waals surface area contributed by atoms with Crippen LogP contribution in [0.2, 0.25) is 0 Å². The van der Waals surface area contributed by atoms with Gasteiger partial charge in [-0.25, -0.2) is 9.59 Å². The van der Waals surface area contributed by atoms with E-state index in [-0.39, 0.29) is 24.7 Å². The van der Waals surface area contributed by atoms with E-state index in [1.807, 2.05) is 0 Å². The Labute approximate surface area is 159 Å². The molecule has 0 spiro atoms. The summed E-state index contributed by atoms with van der Waals surface area (Å²) in [7, 11) is 1.59. The second-order valence-electron chi connectivity index (χ2n) is 7.72. The number of aryl methyl sites for hydroxylation is 1. The molecule has 0 saturated carbocycles. The third-order valence-electron chi connectivity index (χ3n) is 2.61. The molecule has 1 aromatic rings. The van der Waals surface area contributed by atoms with Gasteiger partial charge >= 0.3 is 18.0 Å². The Hall–Kier alpha value is -2.55. The molecular weight excluding hydrogens is 356 g/mol. The predicted octanol–water partition coefficient (Wildman–Crippen LogP) is 2.78. The Kier molecular flexibility index (Phi) is 9.02. The van der Waals surface area contributed by atoms with Crippen LogP contribution in [0, 0.1) is 0 Å². The lowest BCUT2D eigenvalue weighted by Crippen LogP contribution is -2.27. The molecule has 1 heterocycles. The van der Waals surface area contributed by atoms with Gasteiger partial charge in [0.15, 0.2) is 0 Å². The van der Waals surface area contributed by atoms with Crippen molar-refractivity contribution in [1.29, 1.82) is 0 Å². The monoisotopic (exact) mass is 386 g/mol. The van der Waals surface area contributed by atoms with E-state index in [4.69, 9.17) is 19.7 Å². The van der Waals surface area contributed by atoms with Crippen molar-refractivity contribution in [2.24, 2.45) is 7.05 Å². The van der Waals surface area contributed by atoms with Crippen LogP contribution in [0.1, 0.15) is 58.5 Å². The zero-order valence-electron chi connectivity index (χ0n) is 17.0. The molecule has 0 aliphatic carbocycles. The second-order valence-corrected chi connectivity index (χ2v) is 7.72. The lowest BCUT2D eigenvalue weighted by molar-refractivity contribution is -0.155. The average molecular weight is 386 g/mol. The van der Waals surface area contributed by atoms with Gasteiger partial charge in [-0.3, -0.25) is 10.1 Å². The van der Waals surface area contributed by atoms with Gasteiger partial charge in [-0.2, -0.15) is 0 Å². The molecule has 0 aromatic carbocycles. The lowest BCUT2D eigenvalue weighted by atomic mass is 10.2. The Balaban J connectivity index is 0.000000580. The summed E-state index contributed by atoms with van der Waals surface area (Å²) < 4.78 is 11.3. The number of nitrogens with zero attached hydrogens (tertiary/aromatic N) is 1. The number of carboxylic acids is 1. The van der Waals surface area contributed by atoms with Crippen molar-refractivity contribution in [3.05, 3.63) is 18.0 Å². The molecule has 1 rings (SSSR count). The lowest BCUT2D eigenvalue weighted by Gasteiger charge is -2.19. The number of carbonyl (C=O) groups excluding carboxylic acids is 2. The third kappa shape index (κ3) is 11.6. The Morgan fingerprint density at radius 2 is 1.59 bits per heavy atom. The number of rotatable bonds is 4. The van der Waals surface area contributed by atoms with Crippen LogP contribution in [0.5, 0.6) is 0 Å². The van der Waals surface area contributed by atoms with Crippen molar-refractivity contribution in [1.82, 2.24) is 4.57 Å². The highest BCUT2D eigenvalue weighted by atomic mass is 16.6. The highest BCUT2D eigenvalue weighted by Gasteiger charge is 2.18. The molecule has 0 aliphatic rings.